The summed E-state index contributed by atoms with van der Waals surface area (Å²) in [5, 5.41) is 4.13. The second-order valence-corrected chi connectivity index (χ2v) is 4.52. The van der Waals surface area contributed by atoms with Crippen molar-refractivity contribution >= 4 is 11.6 Å². The van der Waals surface area contributed by atoms with E-state index in [-0.39, 0.29) is 0 Å². The van der Waals surface area contributed by atoms with Gasteiger partial charge in [-0.1, -0.05) is 18.5 Å². The standard InChI is InChI=1S/C12H17ClN2O/c1-2-5-16-12-6-9(11(13)8-15-12)7-14-10-3-4-10/h6,8,10,14H,2-5,7H2,1H3. The van der Waals surface area contributed by atoms with Gasteiger partial charge in [0.25, 0.3) is 0 Å². The Labute approximate surface area is 101 Å². The number of nitrogens with zero attached hydrogens (tertiary/aromatic N) is 1. The molecule has 1 N–H and O–H groups in total. The Morgan fingerprint density at radius 2 is 2.38 bits per heavy atom. The van der Waals surface area contributed by atoms with E-state index in [9.17, 15) is 0 Å². The topological polar surface area (TPSA) is 34.1 Å². The van der Waals surface area contributed by atoms with E-state index >= 15 is 0 Å². The number of hydrogen-bond donors (Lipinski definition) is 1. The molecule has 0 atom stereocenters. The Bertz CT molecular complexity index is 353. The molecule has 0 amide bonds. The molecule has 1 heterocycles. The van der Waals surface area contributed by atoms with E-state index in [1.807, 2.05) is 6.07 Å². The smallest absolute Gasteiger partial charge is 0.213 e. The zero-order chi connectivity index (χ0) is 11.4. The van der Waals surface area contributed by atoms with Crippen LogP contribution >= 0.6 is 11.6 Å². The number of halogens is 1. The fraction of sp³-hybridized carbons (Fsp3) is 0.583. The highest BCUT2D eigenvalue weighted by Crippen LogP contribution is 2.23. The maximum absolute atomic E-state index is 6.08. The van der Waals surface area contributed by atoms with Crippen molar-refractivity contribution in [2.24, 2.45) is 0 Å². The number of pyridine rings is 1. The monoisotopic (exact) mass is 240 g/mol. The number of aromatic nitrogens is 1. The lowest BCUT2D eigenvalue weighted by Crippen LogP contribution is -2.15. The van der Waals surface area contributed by atoms with Crippen LogP contribution in [0.3, 0.4) is 0 Å². The van der Waals surface area contributed by atoms with Crippen LogP contribution in [0.25, 0.3) is 0 Å². The van der Waals surface area contributed by atoms with Gasteiger partial charge >= 0.3 is 0 Å². The molecule has 1 aliphatic carbocycles. The summed E-state index contributed by atoms with van der Waals surface area (Å²) in [5.74, 6) is 0.666. The molecule has 1 aromatic rings. The summed E-state index contributed by atoms with van der Waals surface area (Å²) in [5.41, 5.74) is 1.06. The van der Waals surface area contributed by atoms with Crippen LogP contribution in [0.15, 0.2) is 12.3 Å². The fourth-order valence-electron chi connectivity index (χ4n) is 1.42. The molecule has 88 valence electrons. The van der Waals surface area contributed by atoms with E-state index in [4.69, 9.17) is 16.3 Å². The van der Waals surface area contributed by atoms with Gasteiger partial charge < -0.3 is 10.1 Å². The quantitative estimate of drug-likeness (QED) is 0.830. The summed E-state index contributed by atoms with van der Waals surface area (Å²) < 4.78 is 5.48. The molecule has 0 radical (unpaired) electrons. The minimum Gasteiger partial charge on any atom is -0.478 e. The SMILES string of the molecule is CCCOc1cc(CNC2CC2)c(Cl)cn1. The number of nitrogens with one attached hydrogen (secondary N) is 1. The third kappa shape index (κ3) is 3.35. The van der Waals surface area contributed by atoms with Crippen LogP contribution < -0.4 is 10.1 Å². The van der Waals surface area contributed by atoms with Gasteiger partial charge in [-0.2, -0.15) is 0 Å². The maximum Gasteiger partial charge on any atom is 0.213 e. The van der Waals surface area contributed by atoms with Gasteiger partial charge in [0.2, 0.25) is 5.88 Å². The molecule has 1 saturated carbocycles. The van der Waals surface area contributed by atoms with Gasteiger partial charge in [-0.05, 0) is 24.8 Å². The maximum atomic E-state index is 6.08. The molecule has 4 heteroatoms. The summed E-state index contributed by atoms with van der Waals surface area (Å²) in [7, 11) is 0. The Balaban J connectivity index is 1.96. The summed E-state index contributed by atoms with van der Waals surface area (Å²) in [6.45, 7) is 3.57. The average Bonchev–Trinajstić information content (AvgIpc) is 3.10. The average molecular weight is 241 g/mol. The summed E-state index contributed by atoms with van der Waals surface area (Å²) in [6.07, 6.45) is 5.21. The van der Waals surface area contributed by atoms with Gasteiger partial charge in [0.05, 0.1) is 11.6 Å². The van der Waals surface area contributed by atoms with Crippen LogP contribution in [0, 0.1) is 0 Å². The van der Waals surface area contributed by atoms with E-state index in [0.717, 1.165) is 18.5 Å². The van der Waals surface area contributed by atoms with Crippen molar-refractivity contribution in [1.82, 2.24) is 10.3 Å². The van der Waals surface area contributed by atoms with Crippen molar-refractivity contribution in [2.75, 3.05) is 6.61 Å². The van der Waals surface area contributed by atoms with E-state index in [2.05, 4.69) is 17.2 Å². The summed E-state index contributed by atoms with van der Waals surface area (Å²) >= 11 is 6.08. The largest absolute Gasteiger partial charge is 0.478 e. The van der Waals surface area contributed by atoms with Gasteiger partial charge in [-0.3, -0.25) is 0 Å². The van der Waals surface area contributed by atoms with Crippen molar-refractivity contribution < 1.29 is 4.74 Å². The molecule has 0 saturated heterocycles. The third-order valence-corrected chi connectivity index (χ3v) is 2.86. The zero-order valence-corrected chi connectivity index (χ0v) is 10.3. The Kier molecular flexibility index (Phi) is 4.02. The van der Waals surface area contributed by atoms with E-state index < -0.39 is 0 Å². The number of ether oxygens (including phenoxy) is 1. The molecule has 1 aromatic heterocycles. The van der Waals surface area contributed by atoms with E-state index in [1.54, 1.807) is 6.20 Å². The predicted octanol–water partition coefficient (Wildman–Crippen LogP) is 2.78. The van der Waals surface area contributed by atoms with Crippen molar-refractivity contribution in [3.63, 3.8) is 0 Å². The van der Waals surface area contributed by atoms with Gasteiger partial charge in [0.15, 0.2) is 0 Å². The lowest BCUT2D eigenvalue weighted by Gasteiger charge is -2.08. The Hall–Kier alpha value is -0.800. The lowest BCUT2D eigenvalue weighted by molar-refractivity contribution is 0.305. The van der Waals surface area contributed by atoms with Crippen LogP contribution in [0.2, 0.25) is 5.02 Å². The van der Waals surface area contributed by atoms with Crippen LogP contribution in [0.4, 0.5) is 0 Å². The Morgan fingerprint density at radius 1 is 1.56 bits per heavy atom. The molecule has 0 spiro atoms. The molecule has 1 aliphatic rings. The van der Waals surface area contributed by atoms with Crippen molar-refractivity contribution in [3.05, 3.63) is 22.8 Å². The number of rotatable bonds is 6. The molecule has 0 bridgehead atoms. The normalized spacial score (nSPS) is 15.1. The molecular weight excluding hydrogens is 224 g/mol. The summed E-state index contributed by atoms with van der Waals surface area (Å²) in [4.78, 5) is 4.14. The highest BCUT2D eigenvalue weighted by molar-refractivity contribution is 6.31. The summed E-state index contributed by atoms with van der Waals surface area (Å²) in [6, 6.07) is 2.61. The van der Waals surface area contributed by atoms with Crippen LogP contribution in [0.1, 0.15) is 31.7 Å². The first-order valence-electron chi connectivity index (χ1n) is 5.80. The molecule has 2 rings (SSSR count). The van der Waals surface area contributed by atoms with Gasteiger partial charge in [0, 0.05) is 24.8 Å². The molecule has 3 nitrogen and oxygen atoms in total. The van der Waals surface area contributed by atoms with Crippen LogP contribution in [0.5, 0.6) is 5.88 Å². The van der Waals surface area contributed by atoms with Crippen molar-refractivity contribution in [1.29, 1.82) is 0 Å². The first-order valence-corrected chi connectivity index (χ1v) is 6.18. The predicted molar refractivity (Wildman–Crippen MR) is 64.9 cm³/mol. The van der Waals surface area contributed by atoms with Gasteiger partial charge in [-0.15, -0.1) is 0 Å². The molecule has 1 fully saturated rings. The molecule has 0 aliphatic heterocycles. The first kappa shape index (κ1) is 11.7. The minimum atomic E-state index is 0.666. The van der Waals surface area contributed by atoms with Crippen LogP contribution in [-0.4, -0.2) is 17.6 Å². The fourth-order valence-corrected chi connectivity index (χ4v) is 1.59. The highest BCUT2D eigenvalue weighted by atomic mass is 35.5. The van der Waals surface area contributed by atoms with Gasteiger partial charge in [-0.25, -0.2) is 4.98 Å². The highest BCUT2D eigenvalue weighted by Gasteiger charge is 2.20. The Morgan fingerprint density at radius 3 is 3.06 bits per heavy atom. The van der Waals surface area contributed by atoms with Crippen LogP contribution in [-0.2, 0) is 6.54 Å². The second kappa shape index (κ2) is 5.51. The molecule has 0 aromatic carbocycles. The molecular formula is C12H17ClN2O. The van der Waals surface area contributed by atoms with Crippen molar-refractivity contribution in [2.45, 2.75) is 38.8 Å². The lowest BCUT2D eigenvalue weighted by atomic mass is 10.2. The third-order valence-electron chi connectivity index (χ3n) is 2.52. The van der Waals surface area contributed by atoms with Crippen molar-refractivity contribution in [3.8, 4) is 5.88 Å². The first-order chi connectivity index (χ1) is 7.79. The second-order valence-electron chi connectivity index (χ2n) is 4.12. The minimum absolute atomic E-state index is 0.666. The van der Waals surface area contributed by atoms with E-state index in [1.165, 1.54) is 12.8 Å². The van der Waals surface area contributed by atoms with E-state index in [0.29, 0.717) is 23.6 Å². The zero-order valence-electron chi connectivity index (χ0n) is 9.50. The number of hydrogen-bond acceptors (Lipinski definition) is 3. The van der Waals surface area contributed by atoms with Gasteiger partial charge in [0.1, 0.15) is 0 Å². The molecule has 16 heavy (non-hydrogen) atoms. The molecule has 0 unspecified atom stereocenters.